The number of aromatic nitrogens is 4. The number of fused-ring (bicyclic) bond motifs is 3. The fourth-order valence-corrected chi connectivity index (χ4v) is 6.69. The number of Topliss-reactive ketones (excluding diaryl/α,β-unsaturated/α-hetero) is 1. The zero-order chi connectivity index (χ0) is 33.8. The van der Waals surface area contributed by atoms with Crippen LogP contribution < -0.4 is 4.74 Å². The summed E-state index contributed by atoms with van der Waals surface area (Å²) in [5, 5.41) is 5.93. The zero-order valence-corrected chi connectivity index (χ0v) is 28.3. The molecule has 1 atom stereocenters. The molecule has 0 aliphatic carbocycles. The van der Waals surface area contributed by atoms with Crippen molar-refractivity contribution in [3.05, 3.63) is 76.0 Å². The highest BCUT2D eigenvalue weighted by molar-refractivity contribution is 6.01. The maximum Gasteiger partial charge on any atom is 0.339 e. The lowest BCUT2D eigenvalue weighted by Crippen LogP contribution is -2.29. The van der Waals surface area contributed by atoms with Crippen molar-refractivity contribution in [3.63, 3.8) is 0 Å². The van der Waals surface area contributed by atoms with Crippen molar-refractivity contribution in [1.29, 1.82) is 0 Å². The second-order valence-electron chi connectivity index (χ2n) is 13.3. The van der Waals surface area contributed by atoms with E-state index in [0.29, 0.717) is 53.0 Å². The van der Waals surface area contributed by atoms with Crippen LogP contribution in [0.4, 0.5) is 4.39 Å². The first-order chi connectivity index (χ1) is 22.3. The van der Waals surface area contributed by atoms with Gasteiger partial charge in [-0.25, -0.2) is 14.2 Å². The van der Waals surface area contributed by atoms with Crippen molar-refractivity contribution in [1.82, 2.24) is 19.3 Å². The molecule has 9 nitrogen and oxygen atoms in total. The number of halogens is 1. The van der Waals surface area contributed by atoms with Crippen LogP contribution in [-0.4, -0.2) is 50.4 Å². The summed E-state index contributed by atoms with van der Waals surface area (Å²) in [5.74, 6) is -0.721. The summed E-state index contributed by atoms with van der Waals surface area (Å²) in [5.41, 5.74) is 6.51. The molecule has 0 spiro atoms. The van der Waals surface area contributed by atoms with Gasteiger partial charge in [0, 0.05) is 64.9 Å². The molecule has 3 aromatic heterocycles. The van der Waals surface area contributed by atoms with E-state index >= 15 is 4.39 Å². The number of esters is 1. The molecular formula is C37H41FN4O5. The third kappa shape index (κ3) is 5.91. The Morgan fingerprint density at radius 3 is 2.62 bits per heavy atom. The van der Waals surface area contributed by atoms with Crippen molar-refractivity contribution in [3.8, 4) is 16.9 Å². The van der Waals surface area contributed by atoms with Crippen LogP contribution in [0.5, 0.6) is 5.75 Å². The molecule has 0 unspecified atom stereocenters. The molecule has 246 valence electrons. The van der Waals surface area contributed by atoms with Gasteiger partial charge >= 0.3 is 5.97 Å². The molecule has 2 aromatic carbocycles. The fourth-order valence-electron chi connectivity index (χ4n) is 6.69. The second kappa shape index (κ2) is 12.2. The molecule has 0 N–H and O–H groups in total. The highest BCUT2D eigenvalue weighted by atomic mass is 19.1. The number of ether oxygens (including phenoxy) is 3. The van der Waals surface area contributed by atoms with Crippen LogP contribution in [0.2, 0.25) is 0 Å². The SMILES string of the molecule is COC(=O)[C@@H](OC(C)(C)C)c1c(C)nc2c(cc(CCC(=O)c3ccc4c(cnn4C)c3)n2C)c1-c1cc(F)c2c(c1C)CCCO2. The molecule has 5 aromatic rings. The first kappa shape index (κ1) is 32.4. The molecule has 0 amide bonds. The van der Waals surface area contributed by atoms with Gasteiger partial charge in [0.15, 0.2) is 23.5 Å². The number of hydrogen-bond donors (Lipinski definition) is 0. The van der Waals surface area contributed by atoms with E-state index in [-0.39, 0.29) is 18.0 Å². The van der Waals surface area contributed by atoms with E-state index < -0.39 is 23.5 Å². The molecule has 10 heteroatoms. The summed E-state index contributed by atoms with van der Waals surface area (Å²) in [6.07, 6.45) is 2.83. The van der Waals surface area contributed by atoms with Gasteiger partial charge in [0.2, 0.25) is 0 Å². The Kier molecular flexibility index (Phi) is 8.42. The Morgan fingerprint density at radius 2 is 1.89 bits per heavy atom. The maximum absolute atomic E-state index is 15.8. The second-order valence-corrected chi connectivity index (χ2v) is 13.3. The lowest BCUT2D eigenvalue weighted by molar-refractivity contribution is -0.164. The number of methoxy groups -OCH3 is 1. The lowest BCUT2D eigenvalue weighted by atomic mass is 9.86. The highest BCUT2D eigenvalue weighted by Crippen LogP contribution is 2.45. The predicted octanol–water partition coefficient (Wildman–Crippen LogP) is 7.05. The number of benzene rings is 2. The van der Waals surface area contributed by atoms with Crippen LogP contribution in [0.25, 0.3) is 33.1 Å². The standard InChI is InChI=1S/C37H41FN4O5/c1-20-25-10-9-15-46-33(25)28(38)18-26(20)32-27-17-24(12-14-30(43)22-11-13-29-23(16-22)19-39-42(29)7)41(6)35(27)40-21(2)31(32)34(36(44)45-8)47-37(3,4)5/h11,13,16-19,34H,9-10,12,14-15H2,1-8H3/t34-/m0/s1. The van der Waals surface area contributed by atoms with Gasteiger partial charge in [-0.05, 0) is 95.3 Å². The summed E-state index contributed by atoms with van der Waals surface area (Å²) in [7, 11) is 5.11. The molecule has 0 radical (unpaired) electrons. The Morgan fingerprint density at radius 1 is 1.13 bits per heavy atom. The first-order valence-electron chi connectivity index (χ1n) is 15.9. The van der Waals surface area contributed by atoms with E-state index in [1.54, 1.807) is 10.9 Å². The summed E-state index contributed by atoms with van der Waals surface area (Å²) in [6.45, 7) is 9.87. The Hall–Kier alpha value is -4.57. The fraction of sp³-hybridized carbons (Fsp3) is 0.405. The van der Waals surface area contributed by atoms with Crippen LogP contribution in [0.1, 0.15) is 78.2 Å². The van der Waals surface area contributed by atoms with Gasteiger partial charge in [-0.2, -0.15) is 5.10 Å². The van der Waals surface area contributed by atoms with Crippen LogP contribution in [0.3, 0.4) is 0 Å². The van der Waals surface area contributed by atoms with E-state index in [4.69, 9.17) is 19.2 Å². The van der Waals surface area contributed by atoms with Gasteiger partial charge < -0.3 is 18.8 Å². The zero-order valence-electron chi connectivity index (χ0n) is 28.3. The normalized spacial score (nSPS) is 13.9. The van der Waals surface area contributed by atoms with Crippen LogP contribution >= 0.6 is 0 Å². The minimum atomic E-state index is -1.12. The molecule has 0 saturated carbocycles. The third-order valence-electron chi connectivity index (χ3n) is 9.03. The highest BCUT2D eigenvalue weighted by Gasteiger charge is 2.35. The van der Waals surface area contributed by atoms with Crippen molar-refractivity contribution in [2.24, 2.45) is 14.1 Å². The Balaban J connectivity index is 1.51. The van der Waals surface area contributed by atoms with Gasteiger partial charge in [-0.1, -0.05) is 0 Å². The van der Waals surface area contributed by atoms with Crippen molar-refractivity contribution < 1.29 is 28.2 Å². The molecule has 47 heavy (non-hydrogen) atoms. The van der Waals surface area contributed by atoms with Gasteiger partial charge in [0.05, 0.1) is 31.0 Å². The van der Waals surface area contributed by atoms with E-state index in [2.05, 4.69) is 5.10 Å². The molecule has 6 rings (SSSR count). The maximum atomic E-state index is 15.8. The molecule has 0 bridgehead atoms. The summed E-state index contributed by atoms with van der Waals surface area (Å²) >= 11 is 0. The molecule has 0 saturated heterocycles. The molecule has 1 aliphatic rings. The monoisotopic (exact) mass is 640 g/mol. The number of nitrogens with zero attached hydrogens (tertiary/aromatic N) is 4. The first-order valence-corrected chi connectivity index (χ1v) is 15.9. The van der Waals surface area contributed by atoms with Gasteiger partial charge in [0.1, 0.15) is 5.65 Å². The minimum absolute atomic E-state index is 0.0167. The van der Waals surface area contributed by atoms with Crippen molar-refractivity contribution in [2.75, 3.05) is 13.7 Å². The largest absolute Gasteiger partial charge is 0.490 e. The smallest absolute Gasteiger partial charge is 0.339 e. The van der Waals surface area contributed by atoms with Gasteiger partial charge in [-0.3, -0.25) is 9.48 Å². The minimum Gasteiger partial charge on any atom is -0.490 e. The van der Waals surface area contributed by atoms with E-state index in [1.165, 1.54) is 13.2 Å². The number of pyridine rings is 1. The summed E-state index contributed by atoms with van der Waals surface area (Å²) in [6, 6.07) is 9.11. The predicted molar refractivity (Wildman–Crippen MR) is 178 cm³/mol. The summed E-state index contributed by atoms with van der Waals surface area (Å²) < 4.78 is 36.9. The number of rotatable bonds is 8. The van der Waals surface area contributed by atoms with Gasteiger partial charge in [-0.15, -0.1) is 0 Å². The number of aryl methyl sites for hydroxylation is 4. The van der Waals surface area contributed by atoms with Crippen LogP contribution in [0, 0.1) is 19.7 Å². The number of ketones is 1. The molecular weight excluding hydrogens is 599 g/mol. The van der Waals surface area contributed by atoms with E-state index in [9.17, 15) is 9.59 Å². The summed E-state index contributed by atoms with van der Waals surface area (Å²) in [4.78, 5) is 31.7. The number of hydrogen-bond acceptors (Lipinski definition) is 7. The Bertz CT molecular complexity index is 2050. The van der Waals surface area contributed by atoms with E-state index in [1.807, 2.05) is 77.5 Å². The molecule has 1 aliphatic heterocycles. The Labute approximate surface area is 273 Å². The number of carbonyl (C=O) groups excluding carboxylic acids is 2. The average Bonchev–Trinajstić information content (AvgIpc) is 3.57. The van der Waals surface area contributed by atoms with Crippen LogP contribution in [-0.2, 0) is 41.2 Å². The van der Waals surface area contributed by atoms with Gasteiger partial charge in [0.25, 0.3) is 0 Å². The topological polar surface area (TPSA) is 97.5 Å². The molecule has 4 heterocycles. The lowest BCUT2D eigenvalue weighted by Gasteiger charge is -2.29. The van der Waals surface area contributed by atoms with Crippen LogP contribution in [0.15, 0.2) is 36.5 Å². The van der Waals surface area contributed by atoms with E-state index in [0.717, 1.165) is 39.5 Å². The average molecular weight is 641 g/mol. The van der Waals surface area contributed by atoms with Crippen molar-refractivity contribution >= 4 is 33.7 Å². The number of carbonyl (C=O) groups is 2. The quantitative estimate of drug-likeness (QED) is 0.132. The third-order valence-corrected chi connectivity index (χ3v) is 9.03. The van der Waals surface area contributed by atoms with Crippen molar-refractivity contribution in [2.45, 2.75) is 72.0 Å². The molecule has 0 fully saturated rings.